The molecule has 0 saturated carbocycles. The van der Waals surface area contributed by atoms with Gasteiger partial charge in [0.15, 0.2) is 5.58 Å². The van der Waals surface area contributed by atoms with E-state index in [0.29, 0.717) is 43.8 Å². The van der Waals surface area contributed by atoms with Crippen LogP contribution >= 0.6 is 0 Å². The van der Waals surface area contributed by atoms with Crippen molar-refractivity contribution >= 4 is 93.2 Å². The van der Waals surface area contributed by atoms with Gasteiger partial charge in [-0.15, -0.1) is 0 Å². The van der Waals surface area contributed by atoms with Gasteiger partial charge < -0.3 is 13.7 Å². The zero-order valence-corrected chi connectivity index (χ0v) is 29.3. The number of furan rings is 1. The summed E-state index contributed by atoms with van der Waals surface area (Å²) < 4.78 is 176. The monoisotopic (exact) mass is 746 g/mol. The third-order valence-corrected chi connectivity index (χ3v) is 10.1. The maximum atomic E-state index is 9.96. The van der Waals surface area contributed by atoms with Crippen LogP contribution in [0, 0.1) is 0 Å². The van der Waals surface area contributed by atoms with Crippen LogP contribution in [0.1, 0.15) is 24.7 Å². The zero-order valence-electron chi connectivity index (χ0n) is 47.3. The van der Waals surface area contributed by atoms with Crippen LogP contribution in [0.15, 0.2) is 203 Å². The second kappa shape index (κ2) is 12.4. The van der Waals surface area contributed by atoms with Crippen LogP contribution in [-0.2, 0) is 0 Å². The lowest BCUT2D eigenvalue weighted by atomic mass is 9.93. The van der Waals surface area contributed by atoms with Crippen LogP contribution in [0.25, 0.3) is 98.7 Å². The van der Waals surface area contributed by atoms with E-state index in [2.05, 4.69) is 4.98 Å². The Balaban J connectivity index is 1.27. The van der Waals surface area contributed by atoms with Crippen LogP contribution in [0.3, 0.4) is 0 Å². The molecule has 2 heterocycles. The molecule has 4 heteroatoms. The number of hydrogen-bond acceptors (Lipinski definition) is 4. The predicted octanol–water partition coefficient (Wildman–Crippen LogP) is 15.1. The number of benzene rings is 10. The van der Waals surface area contributed by atoms with Gasteiger partial charge in [0.1, 0.15) is 16.7 Å². The molecule has 0 amide bonds. The summed E-state index contributed by atoms with van der Waals surface area (Å²) in [6, 6.07) is 11.4. The number of nitrogens with zero attached hydrogens (tertiary/aromatic N) is 2. The average Bonchev–Trinajstić information content (AvgIpc) is 4.03. The van der Waals surface area contributed by atoms with Crippen molar-refractivity contribution in [1.29, 1.82) is 0 Å². The van der Waals surface area contributed by atoms with E-state index in [9.17, 15) is 9.60 Å². The van der Waals surface area contributed by atoms with E-state index in [1.165, 1.54) is 11.0 Å². The van der Waals surface area contributed by atoms with Crippen LogP contribution in [0.5, 0.6) is 0 Å². The van der Waals surface area contributed by atoms with E-state index in [4.69, 9.17) is 23.9 Å². The van der Waals surface area contributed by atoms with Crippen molar-refractivity contribution in [3.05, 3.63) is 194 Å². The van der Waals surface area contributed by atoms with Crippen LogP contribution < -0.4 is 4.90 Å². The summed E-state index contributed by atoms with van der Waals surface area (Å²) >= 11 is 0. The zero-order chi connectivity index (χ0) is 53.1. The number of oxazole rings is 1. The predicted molar refractivity (Wildman–Crippen MR) is 237 cm³/mol. The largest absolute Gasteiger partial charge is 0.455 e. The summed E-state index contributed by atoms with van der Waals surface area (Å²) in [5, 5.41) is 0.289. The van der Waals surface area contributed by atoms with Crippen LogP contribution in [0.2, 0.25) is 0 Å². The van der Waals surface area contributed by atoms with Crippen LogP contribution in [0.4, 0.5) is 17.1 Å². The molecular formula is C53H32N2O2. The summed E-state index contributed by atoms with van der Waals surface area (Å²) in [4.78, 5) is 5.89. The quantitative estimate of drug-likeness (QED) is 0.165. The highest BCUT2D eigenvalue weighted by Gasteiger charge is 2.23. The fourth-order valence-electron chi connectivity index (χ4n) is 7.57. The Kier molecular flexibility index (Phi) is 4.09. The first kappa shape index (κ1) is 18.8. The van der Waals surface area contributed by atoms with Gasteiger partial charge in [-0.2, -0.15) is 0 Å². The molecule has 4 nitrogen and oxygen atoms in total. The Labute approximate surface area is 352 Å². The first-order chi connectivity index (χ1) is 35.7. The summed E-state index contributed by atoms with van der Waals surface area (Å²) in [6.07, 6.45) is 0. The van der Waals surface area contributed by atoms with Crippen molar-refractivity contribution in [2.45, 2.75) is 0 Å². The van der Waals surface area contributed by atoms with Gasteiger partial charge in [0, 0.05) is 27.7 Å². The maximum Gasteiger partial charge on any atom is 0.227 e. The van der Waals surface area contributed by atoms with Gasteiger partial charge in [-0.25, -0.2) is 4.98 Å². The van der Waals surface area contributed by atoms with E-state index in [1.54, 1.807) is 54.6 Å². The van der Waals surface area contributed by atoms with Crippen LogP contribution in [-0.4, -0.2) is 4.98 Å². The lowest BCUT2D eigenvalue weighted by Crippen LogP contribution is -2.10. The number of para-hydroxylation sites is 2. The molecule has 0 bridgehead atoms. The fraction of sp³-hybridized carbons (Fsp3) is 0. The minimum absolute atomic E-state index is 0.0772. The van der Waals surface area contributed by atoms with Crippen molar-refractivity contribution in [2.24, 2.45) is 0 Å². The number of aromatic nitrogens is 1. The van der Waals surface area contributed by atoms with E-state index in [0.717, 1.165) is 6.07 Å². The van der Waals surface area contributed by atoms with Crippen molar-refractivity contribution in [1.82, 2.24) is 4.98 Å². The average molecular weight is 747 g/mol. The van der Waals surface area contributed by atoms with E-state index in [-0.39, 0.29) is 60.7 Å². The van der Waals surface area contributed by atoms with Gasteiger partial charge in [0.05, 0.1) is 35.7 Å². The molecule has 0 saturated heterocycles. The molecule has 0 aliphatic heterocycles. The highest BCUT2D eigenvalue weighted by molar-refractivity contribution is 6.26. The minimum atomic E-state index is -0.754. The Morgan fingerprint density at radius 2 is 1.14 bits per heavy atom. The number of fused-ring (bicyclic) bond motifs is 12. The second-order valence-electron chi connectivity index (χ2n) is 13.3. The lowest BCUT2D eigenvalue weighted by molar-refractivity contribution is 0.619. The van der Waals surface area contributed by atoms with Gasteiger partial charge in [-0.1, -0.05) is 133 Å². The van der Waals surface area contributed by atoms with Gasteiger partial charge in [0.25, 0.3) is 0 Å². The lowest BCUT2D eigenvalue weighted by Gasteiger charge is -2.27. The van der Waals surface area contributed by atoms with Crippen molar-refractivity contribution in [3.8, 4) is 22.6 Å². The molecular weight excluding hydrogens is 697 g/mol. The molecule has 0 atom stereocenters. The summed E-state index contributed by atoms with van der Waals surface area (Å²) in [5.74, 6) is 0.290. The molecule has 12 rings (SSSR count). The van der Waals surface area contributed by atoms with E-state index < -0.39 is 120 Å². The Morgan fingerprint density at radius 1 is 0.439 bits per heavy atom. The topological polar surface area (TPSA) is 42.4 Å². The molecule has 0 fully saturated rings. The maximum absolute atomic E-state index is 9.96. The highest BCUT2D eigenvalue weighted by Crippen LogP contribution is 2.48. The molecule has 12 aromatic rings. The third-order valence-electron chi connectivity index (χ3n) is 10.1. The molecule has 266 valence electrons. The van der Waals surface area contributed by atoms with Gasteiger partial charge >= 0.3 is 0 Å². The molecule has 10 aromatic carbocycles. The minimum Gasteiger partial charge on any atom is -0.455 e. The molecule has 0 aliphatic rings. The van der Waals surface area contributed by atoms with Gasteiger partial charge in [-0.05, 0) is 109 Å². The molecule has 0 spiro atoms. The fourth-order valence-corrected chi connectivity index (χ4v) is 7.57. The van der Waals surface area contributed by atoms with E-state index in [1.807, 2.05) is 18.2 Å². The smallest absolute Gasteiger partial charge is 0.227 e. The second-order valence-corrected chi connectivity index (χ2v) is 13.3. The standard InChI is InChI=1S/C53H32N2O2/c1-2-12-33(13-3-1)34-22-25-37(26-23-34)55(38-27-29-44-42-18-7-6-16-40(42)41-17-8-9-19-43(41)46(44)32-38)48-30-35-14-4-5-15-39(35)52-51(48)45-28-24-36(31-50(45)56-52)53-54-47-20-10-11-21-49(47)57-53/h1-32H/i1D,2D,3D,6D,7D,8D,9D,12D,16D,17D,18D,19D,22D,23D,25D,26D,27D,29D. The summed E-state index contributed by atoms with van der Waals surface area (Å²) in [6.45, 7) is 0. The number of hydrogen-bond donors (Lipinski definition) is 0. The van der Waals surface area contributed by atoms with Crippen molar-refractivity contribution in [2.75, 3.05) is 4.90 Å². The normalized spacial score (nSPS) is 16.3. The highest BCUT2D eigenvalue weighted by atomic mass is 16.3. The molecule has 0 unspecified atom stereocenters. The molecule has 0 aliphatic carbocycles. The number of anilines is 3. The summed E-state index contributed by atoms with van der Waals surface area (Å²) in [5.41, 5.74) is 0.740. The first-order valence-corrected chi connectivity index (χ1v) is 17.8. The van der Waals surface area contributed by atoms with Gasteiger partial charge in [-0.3, -0.25) is 0 Å². The van der Waals surface area contributed by atoms with Crippen molar-refractivity contribution in [3.63, 3.8) is 0 Å². The SMILES string of the molecule is [2H]c1cc(-c2c([2H])c([2H])c(N(c3cc4c(c([2H])c3[2H])c3c([2H])c([2H])c([2H])c([2H])c3c3c([2H])c([2H])c([2H])c([2H])c43)c3cc4ccccc4c4oc5cc(-c6nc7ccccc7o6)ccc5c34)c([2H])c2[2H])c([2H])c([2H])c1[2H]. The Hall–Kier alpha value is -7.69. The Bertz CT molecular complexity index is 4500. The summed E-state index contributed by atoms with van der Waals surface area (Å²) in [7, 11) is 0. The van der Waals surface area contributed by atoms with Gasteiger partial charge in [0.2, 0.25) is 5.89 Å². The number of rotatable bonds is 5. The third kappa shape index (κ3) is 4.98. The molecule has 0 N–H and O–H groups in total. The molecule has 57 heavy (non-hydrogen) atoms. The molecule has 2 aromatic heterocycles. The Morgan fingerprint density at radius 3 is 1.95 bits per heavy atom. The van der Waals surface area contributed by atoms with E-state index >= 15 is 0 Å². The molecule has 0 radical (unpaired) electrons. The first-order valence-electron chi connectivity index (χ1n) is 26.8. The van der Waals surface area contributed by atoms with Crippen molar-refractivity contribution < 1.29 is 33.5 Å².